The number of benzene rings is 2. The maximum absolute atomic E-state index is 13.2. The van der Waals surface area contributed by atoms with Gasteiger partial charge in [0.2, 0.25) is 23.4 Å². The van der Waals surface area contributed by atoms with E-state index in [4.69, 9.17) is 15.0 Å². The van der Waals surface area contributed by atoms with E-state index in [1.807, 2.05) is 53.4 Å². The molecule has 0 aliphatic carbocycles. The van der Waals surface area contributed by atoms with Gasteiger partial charge in [-0.3, -0.25) is 14.5 Å². The van der Waals surface area contributed by atoms with E-state index in [0.717, 1.165) is 18.4 Å². The van der Waals surface area contributed by atoms with Crippen molar-refractivity contribution in [1.29, 1.82) is 0 Å². The number of ketones is 1. The van der Waals surface area contributed by atoms with Crippen LogP contribution in [0.3, 0.4) is 0 Å². The molecule has 1 aliphatic rings. The molecular formula is C31H40N6O5. The smallest absolute Gasteiger partial charge is 0.408 e. The lowest BCUT2D eigenvalue weighted by molar-refractivity contribution is -0.133. The molecule has 1 aliphatic heterocycles. The maximum Gasteiger partial charge on any atom is 0.408 e. The van der Waals surface area contributed by atoms with Crippen LogP contribution in [-0.2, 0) is 29.1 Å². The molecule has 11 heteroatoms. The molecule has 1 unspecified atom stereocenters. The van der Waals surface area contributed by atoms with Crippen LogP contribution in [0.1, 0.15) is 59.7 Å². The van der Waals surface area contributed by atoms with Crippen LogP contribution >= 0.6 is 0 Å². The van der Waals surface area contributed by atoms with E-state index in [0.29, 0.717) is 70.8 Å². The number of carbonyl (C=O) groups is 3. The highest BCUT2D eigenvalue weighted by Crippen LogP contribution is 2.13. The highest BCUT2D eigenvalue weighted by Gasteiger charge is 2.28. The lowest BCUT2D eigenvalue weighted by Crippen LogP contribution is -2.48. The van der Waals surface area contributed by atoms with Crippen molar-refractivity contribution >= 4 is 17.8 Å². The molecule has 0 saturated carbocycles. The number of Topliss-reactive ketones (excluding diaryl/α,β-unsaturated/α-hetero) is 1. The number of rotatable bonds is 15. The van der Waals surface area contributed by atoms with Crippen molar-refractivity contribution in [3.05, 3.63) is 83.5 Å². The first kappa shape index (κ1) is 30.9. The number of nitrogens with zero attached hydrogens (tertiary/aromatic N) is 4. The number of hydrogen-bond donors (Lipinski definition) is 2. The van der Waals surface area contributed by atoms with Crippen molar-refractivity contribution in [2.45, 2.75) is 57.7 Å². The van der Waals surface area contributed by atoms with Gasteiger partial charge in [-0.2, -0.15) is 4.98 Å². The summed E-state index contributed by atoms with van der Waals surface area (Å²) in [5.74, 6) is -0.0389. The Morgan fingerprint density at radius 1 is 0.929 bits per heavy atom. The molecule has 4 rings (SSSR count). The summed E-state index contributed by atoms with van der Waals surface area (Å²) in [5.41, 5.74) is 7.70. The number of aromatic nitrogens is 2. The van der Waals surface area contributed by atoms with E-state index in [1.165, 1.54) is 5.56 Å². The number of nitrogens with one attached hydrogen (secondary N) is 1. The molecule has 0 spiro atoms. The summed E-state index contributed by atoms with van der Waals surface area (Å²) >= 11 is 0. The number of piperazine rings is 1. The number of ether oxygens (including phenoxy) is 1. The molecule has 1 fully saturated rings. The minimum Gasteiger partial charge on any atom is -0.445 e. The van der Waals surface area contributed by atoms with Crippen LogP contribution in [0.25, 0.3) is 0 Å². The Kier molecular flexibility index (Phi) is 12.0. The predicted molar refractivity (Wildman–Crippen MR) is 156 cm³/mol. The Morgan fingerprint density at radius 3 is 2.31 bits per heavy atom. The molecule has 1 atom stereocenters. The first-order chi connectivity index (χ1) is 20.5. The first-order valence-electron chi connectivity index (χ1n) is 14.6. The second kappa shape index (κ2) is 16.4. The molecule has 2 amide bonds. The first-order valence-corrected chi connectivity index (χ1v) is 14.6. The van der Waals surface area contributed by atoms with Gasteiger partial charge in [0.1, 0.15) is 6.61 Å². The fourth-order valence-corrected chi connectivity index (χ4v) is 4.84. The minimum absolute atomic E-state index is 0.0849. The Hall–Kier alpha value is -4.09. The molecule has 2 aromatic carbocycles. The number of alkyl carbamates (subject to hydrolysis) is 1. The Morgan fingerprint density at radius 2 is 1.62 bits per heavy atom. The highest BCUT2D eigenvalue weighted by atomic mass is 16.5. The van der Waals surface area contributed by atoms with E-state index in [2.05, 4.69) is 32.5 Å². The minimum atomic E-state index is -0.860. The summed E-state index contributed by atoms with van der Waals surface area (Å²) in [6, 6.07) is 18.6. The second-order valence-corrected chi connectivity index (χ2v) is 10.4. The van der Waals surface area contributed by atoms with Crippen molar-refractivity contribution < 1.29 is 23.6 Å². The summed E-state index contributed by atoms with van der Waals surface area (Å²) in [6.07, 6.45) is 3.29. The van der Waals surface area contributed by atoms with E-state index >= 15 is 0 Å². The number of nitrogens with two attached hydrogens (primary N) is 1. The molecule has 1 aromatic heterocycles. The Labute approximate surface area is 246 Å². The van der Waals surface area contributed by atoms with E-state index in [-0.39, 0.29) is 18.3 Å². The lowest BCUT2D eigenvalue weighted by atomic mass is 10.0. The average Bonchev–Trinajstić information content (AvgIpc) is 3.49. The molecule has 3 N–H and O–H groups in total. The third-order valence-electron chi connectivity index (χ3n) is 7.24. The van der Waals surface area contributed by atoms with Gasteiger partial charge in [0.15, 0.2) is 0 Å². The molecule has 0 radical (unpaired) electrons. The Balaban J connectivity index is 1.23. The van der Waals surface area contributed by atoms with Gasteiger partial charge in [0.05, 0.1) is 12.6 Å². The summed E-state index contributed by atoms with van der Waals surface area (Å²) in [6.45, 7) is 3.55. The van der Waals surface area contributed by atoms with E-state index < -0.39 is 17.9 Å². The van der Waals surface area contributed by atoms with Crippen molar-refractivity contribution in [2.75, 3.05) is 32.7 Å². The van der Waals surface area contributed by atoms with Crippen molar-refractivity contribution in [3.63, 3.8) is 0 Å². The van der Waals surface area contributed by atoms with E-state index in [9.17, 15) is 14.4 Å². The van der Waals surface area contributed by atoms with Crippen molar-refractivity contribution in [1.82, 2.24) is 25.3 Å². The molecule has 42 heavy (non-hydrogen) atoms. The summed E-state index contributed by atoms with van der Waals surface area (Å²) in [4.78, 5) is 46.7. The number of aryl methyl sites for hydroxylation is 1. The largest absolute Gasteiger partial charge is 0.445 e. The SMILES string of the molecule is NCCCCC(NC(=O)OCc1ccccc1)C(=O)c1noc(CN2CCN(C(=O)CCCc3ccccc3)CC2)n1. The summed E-state index contributed by atoms with van der Waals surface area (Å²) in [7, 11) is 0. The van der Waals surface area contributed by atoms with Gasteiger partial charge in [-0.25, -0.2) is 4.79 Å². The van der Waals surface area contributed by atoms with Gasteiger partial charge in [0, 0.05) is 32.6 Å². The van der Waals surface area contributed by atoms with Crippen LogP contribution < -0.4 is 11.1 Å². The molecule has 224 valence electrons. The normalized spacial score (nSPS) is 14.4. The lowest BCUT2D eigenvalue weighted by Gasteiger charge is -2.34. The fourth-order valence-electron chi connectivity index (χ4n) is 4.84. The van der Waals surface area contributed by atoms with E-state index in [1.54, 1.807) is 0 Å². The van der Waals surface area contributed by atoms with Gasteiger partial charge in [-0.1, -0.05) is 65.8 Å². The molecule has 2 heterocycles. The zero-order valence-electron chi connectivity index (χ0n) is 24.0. The maximum atomic E-state index is 13.2. The quantitative estimate of drug-likeness (QED) is 0.206. The van der Waals surface area contributed by atoms with Crippen LogP contribution in [0, 0.1) is 0 Å². The molecule has 3 aromatic rings. The zero-order valence-corrected chi connectivity index (χ0v) is 24.0. The van der Waals surface area contributed by atoms with Gasteiger partial charge < -0.3 is 25.2 Å². The highest BCUT2D eigenvalue weighted by molar-refractivity contribution is 5.98. The number of carbonyl (C=O) groups excluding carboxylic acids is 3. The van der Waals surface area contributed by atoms with Gasteiger partial charge in [0.25, 0.3) is 0 Å². The standard InChI is InChI=1S/C31H40N6O5/c32-17-8-7-15-26(33-31(40)41-23-25-12-5-2-6-13-25)29(39)30-34-27(42-35-30)22-36-18-20-37(21-19-36)28(38)16-9-14-24-10-3-1-4-11-24/h1-6,10-13,26H,7-9,14-23,32H2,(H,33,40). The number of amides is 2. The predicted octanol–water partition coefficient (Wildman–Crippen LogP) is 3.34. The van der Waals surface area contributed by atoms with Gasteiger partial charge >= 0.3 is 6.09 Å². The fraction of sp³-hybridized carbons (Fsp3) is 0.452. The van der Waals surface area contributed by atoms with Crippen LogP contribution in [0.2, 0.25) is 0 Å². The summed E-state index contributed by atoms with van der Waals surface area (Å²) in [5, 5.41) is 6.54. The molecule has 0 bridgehead atoms. The number of unbranched alkanes of at least 4 members (excludes halogenated alkanes) is 1. The molecular weight excluding hydrogens is 536 g/mol. The second-order valence-electron chi connectivity index (χ2n) is 10.4. The van der Waals surface area contributed by atoms with Crippen molar-refractivity contribution in [3.8, 4) is 0 Å². The monoisotopic (exact) mass is 576 g/mol. The van der Waals surface area contributed by atoms with Crippen molar-refractivity contribution in [2.24, 2.45) is 5.73 Å². The summed E-state index contributed by atoms with van der Waals surface area (Å²) < 4.78 is 10.7. The third-order valence-corrected chi connectivity index (χ3v) is 7.24. The van der Waals surface area contributed by atoms with Crippen LogP contribution in [0.15, 0.2) is 65.2 Å². The van der Waals surface area contributed by atoms with Crippen LogP contribution in [0.4, 0.5) is 4.79 Å². The zero-order chi connectivity index (χ0) is 29.6. The van der Waals surface area contributed by atoms with Crippen LogP contribution in [-0.4, -0.2) is 76.5 Å². The average molecular weight is 577 g/mol. The molecule has 11 nitrogen and oxygen atoms in total. The topological polar surface area (TPSA) is 144 Å². The third kappa shape index (κ3) is 9.78. The number of hydrogen-bond acceptors (Lipinski definition) is 9. The van der Waals surface area contributed by atoms with Gasteiger partial charge in [-0.05, 0) is 49.8 Å². The Bertz CT molecular complexity index is 1260. The van der Waals surface area contributed by atoms with Crippen LogP contribution in [0.5, 0.6) is 0 Å². The molecule has 1 saturated heterocycles. The van der Waals surface area contributed by atoms with Gasteiger partial charge in [-0.15, -0.1) is 0 Å².